The number of nitrogens with zero attached hydrogens (tertiary/aromatic N) is 20. The van der Waals surface area contributed by atoms with Gasteiger partial charge in [0.2, 0.25) is 0 Å². The maximum Gasteiger partial charge on any atom is 0.338 e. The number of ether oxygens (including phenoxy) is 1. The summed E-state index contributed by atoms with van der Waals surface area (Å²) in [4.78, 5) is 90.9. The van der Waals surface area contributed by atoms with Crippen molar-refractivity contribution in [1.82, 2.24) is 92.4 Å². The molecule has 34 nitrogen and oxygen atoms in total. The van der Waals surface area contributed by atoms with E-state index in [2.05, 4.69) is 114 Å². The Morgan fingerprint density at radius 2 is 0.752 bits per heavy atom. The molecule has 4 atom stereocenters. The number of aromatic nitrogens is 19. The number of fused-ring (bicyclic) bond motifs is 4. The predicted octanol–water partition coefficient (Wildman–Crippen LogP) is 19.4. The molecule has 0 amide bonds. The molecule has 42 heteroatoms. The summed E-state index contributed by atoms with van der Waals surface area (Å²) < 4.78 is 74.1. The van der Waals surface area contributed by atoms with Gasteiger partial charge in [0.05, 0.1) is 125 Å². The molecule has 4 saturated carbocycles. The van der Waals surface area contributed by atoms with Crippen LogP contribution in [0.5, 0.6) is 0 Å². The molecule has 4 aliphatic carbocycles. The third-order valence-electron chi connectivity index (χ3n) is 27.1. The van der Waals surface area contributed by atoms with E-state index in [0.717, 1.165) is 113 Å². The molecule has 16 heterocycles. The maximum absolute atomic E-state index is 14.0. The van der Waals surface area contributed by atoms with Crippen LogP contribution in [0.25, 0.3) is 107 Å². The first-order valence-electron chi connectivity index (χ1n) is 46.0. The number of anilines is 4. The number of hydrogen-bond donors (Lipinski definition) is 9. The Bertz CT molecular complexity index is 7210. The number of aryl methyl sites for hydroxylation is 1. The predicted molar refractivity (Wildman–Crippen MR) is 537 cm³/mol. The van der Waals surface area contributed by atoms with Crippen LogP contribution in [-0.4, -0.2) is 185 Å². The van der Waals surface area contributed by atoms with Gasteiger partial charge in [-0.15, -0.1) is 0 Å². The number of pyridine rings is 5. The highest BCUT2D eigenvalue weighted by Gasteiger charge is 2.40. The maximum atomic E-state index is 14.0. The lowest BCUT2D eigenvalue weighted by Crippen LogP contribution is -2.28. The van der Waals surface area contributed by atoms with E-state index in [1.807, 2.05) is 126 Å². The highest BCUT2D eigenvalue weighted by molar-refractivity contribution is 9.11. The van der Waals surface area contributed by atoms with E-state index in [1.54, 1.807) is 94.8 Å². The van der Waals surface area contributed by atoms with Crippen molar-refractivity contribution in [3.05, 3.63) is 212 Å². The zero-order valence-corrected chi connectivity index (χ0v) is 83.1. The number of rotatable bonds is 22. The lowest BCUT2D eigenvalue weighted by molar-refractivity contribution is -0.146. The van der Waals surface area contributed by atoms with Crippen LogP contribution in [0.15, 0.2) is 188 Å². The zero-order chi connectivity index (χ0) is 99.7. The summed E-state index contributed by atoms with van der Waals surface area (Å²) in [6, 6.07) is 27.2. The van der Waals surface area contributed by atoms with Crippen molar-refractivity contribution < 1.29 is 67.0 Å². The molecule has 0 radical (unpaired) electrons. The van der Waals surface area contributed by atoms with Crippen molar-refractivity contribution in [2.75, 3.05) is 30.0 Å². The Labute approximate surface area is 838 Å². The Morgan fingerprint density at radius 1 is 0.418 bits per heavy atom. The number of nitrogen functional groups attached to an aromatic ring is 4. The minimum Gasteiger partial charge on any atom is -0.484 e. The fourth-order valence-corrected chi connectivity index (χ4v) is 21.7. The number of aliphatic hydroxyl groups is 1. The number of aliphatic carboxylic acids is 4. The van der Waals surface area contributed by atoms with E-state index in [4.69, 9.17) is 68.0 Å². The van der Waals surface area contributed by atoms with Gasteiger partial charge in [-0.2, -0.15) is 38.5 Å². The summed E-state index contributed by atoms with van der Waals surface area (Å²) in [5.41, 5.74) is 43.7. The smallest absolute Gasteiger partial charge is 0.338 e. The van der Waals surface area contributed by atoms with Crippen molar-refractivity contribution in [2.24, 2.45) is 35.7 Å². The third-order valence-corrected chi connectivity index (χ3v) is 30.3. The molecule has 0 saturated heterocycles. The molecular weight excluding hydrogens is 2080 g/mol. The van der Waals surface area contributed by atoms with E-state index in [1.165, 1.54) is 0 Å². The number of carboxylic acid groups (broad SMARTS) is 4. The molecule has 20 rings (SSSR count). The Hall–Kier alpha value is -13.3. The SMILES string of the molecule is CC(C)(O)Cn1ccc(-c2ccc(-c3cnn4c(N)c(Br)c(C5CCC(C(F)C(=O)O)CC5)nc34)cn2)c1.COC1=NC(c2ccc(-c3cnn4c(N)c(Br)c(C5CCC(C(F)C(=O)O)CC5)nc34)cn2)=CC1.Cn1cccc1-c1ccc(-c2cnn3c(N)c(Br)c(C4CCC(C(F)C(=O)O)CC4)nc23)cn1.Nc1c(Br)c(C2CCC(C(F)C(=O)O)CC2)nc2c(-c3ccc(-c4ccccn4)nc3)cnn12. The van der Waals surface area contributed by atoms with E-state index < -0.39 is 77.8 Å². The first kappa shape index (κ1) is 99.3. The zero-order valence-electron chi connectivity index (χ0n) is 76.8. The van der Waals surface area contributed by atoms with Gasteiger partial charge in [0.15, 0.2) is 53.2 Å². The quantitative estimate of drug-likeness (QED) is 0.0285. The summed E-state index contributed by atoms with van der Waals surface area (Å²) in [7, 11) is 3.58. The molecule has 15 aromatic rings. The Kier molecular flexibility index (Phi) is 29.7. The Morgan fingerprint density at radius 3 is 1.04 bits per heavy atom. The van der Waals surface area contributed by atoms with E-state index in [0.29, 0.717) is 185 Å². The molecule has 15 aromatic heterocycles. The highest BCUT2D eigenvalue weighted by atomic mass is 79.9. The monoisotopic (exact) mass is 2180 g/mol. The van der Waals surface area contributed by atoms with Gasteiger partial charge in [-0.05, 0) is 241 Å². The average Bonchev–Trinajstić information content (AvgIpc) is 1.65. The van der Waals surface area contributed by atoms with Crippen molar-refractivity contribution in [2.45, 2.75) is 184 Å². The fourth-order valence-electron chi connectivity index (χ4n) is 19.4. The molecule has 0 spiro atoms. The average molecular weight is 2180 g/mol. The van der Waals surface area contributed by atoms with Crippen LogP contribution in [0.3, 0.4) is 0 Å². The lowest BCUT2D eigenvalue weighted by Gasteiger charge is -2.29. The first-order valence-corrected chi connectivity index (χ1v) is 49.2. The number of methoxy groups -OCH3 is 1. The molecule has 4 fully saturated rings. The fraction of sp³-hybridized carbons (Fsp3) is 0.354. The number of aliphatic imine (C=N–C) groups is 1. The highest BCUT2D eigenvalue weighted by Crippen LogP contribution is 2.48. The van der Waals surface area contributed by atoms with E-state index in [9.17, 15) is 41.8 Å². The van der Waals surface area contributed by atoms with E-state index in [-0.39, 0.29) is 23.7 Å². The third kappa shape index (κ3) is 21.1. The molecule has 5 aliphatic rings. The summed E-state index contributed by atoms with van der Waals surface area (Å²) in [6.07, 6.45) is 25.8. The summed E-state index contributed by atoms with van der Waals surface area (Å²) in [6.45, 7) is 4.02. The molecule has 0 aromatic carbocycles. The molecule has 732 valence electrons. The van der Waals surface area contributed by atoms with Crippen LogP contribution in [0.2, 0.25) is 0 Å². The summed E-state index contributed by atoms with van der Waals surface area (Å²) in [5, 5.41) is 63.8. The largest absolute Gasteiger partial charge is 0.484 e. The second-order valence-corrected chi connectivity index (χ2v) is 39.9. The first-order chi connectivity index (χ1) is 67.7. The van der Waals surface area contributed by atoms with Crippen molar-refractivity contribution >= 4 is 145 Å². The standard InChI is InChI=1S/C27H30BrFN6O3.C24H24BrFN6O3.C24H24BrFN6O2.C24H22BrFN6O2/c1-27(2,38)14-34-10-9-18(13-34)20-8-7-17(11-31-20)19-12-32-35-24(30)21(28)23(33-25(19)35)16-5-3-15(4-6-16)22(29)26(36)37;1-35-18-9-8-17(30-18)16-7-6-14(10-28-16)15-11-29-32-22(27)19(25)21(31-23(15)32)13-4-2-12(3-5-13)20(26)24(33)34;1-31-10-2-3-18(31)17-9-8-15(11-28-17)16-12-29-32-22(27)19(25)21(30-23(16)32)14-6-4-13(5-7-14)20(26)24(33)34;25-19-21(14-6-4-13(5-7-14)20(26)24(33)34)31-23-16(12-30-32(23)22(19)27)15-8-9-18(29-11-15)17-3-1-2-10-28-17/h7-13,15-16,22,38H,3-6,14,30H2,1-2H3,(H,36,37);6-8,10-13,20H,2-5,9,27H2,1H3,(H,33,34);2-3,8-14,20H,4-7,27H2,1H3,(H,33,34);1-3,8-14,20H,4-7,27H2,(H,33,34). The second-order valence-electron chi connectivity index (χ2n) is 36.7. The minimum absolute atomic E-state index is 0.0325. The number of carbonyl (C=O) groups is 4. The van der Waals surface area contributed by atoms with Crippen molar-refractivity contribution in [1.29, 1.82) is 0 Å². The number of carboxylic acids is 4. The number of halogens is 8. The molecular formula is C99H100Br4F4N24O10. The van der Waals surface area contributed by atoms with Crippen molar-refractivity contribution in [3.63, 3.8) is 0 Å². The van der Waals surface area contributed by atoms with E-state index >= 15 is 0 Å². The Balaban J connectivity index is 0.000000130. The number of alkyl halides is 4. The number of nitrogens with two attached hydrogens (primary N) is 4. The van der Waals surface area contributed by atoms with Gasteiger partial charge in [0.25, 0.3) is 0 Å². The lowest BCUT2D eigenvalue weighted by atomic mass is 9.78. The van der Waals surface area contributed by atoms with Gasteiger partial charge in [-0.1, -0.05) is 30.3 Å². The minimum atomic E-state index is -1.84. The van der Waals surface area contributed by atoms with Crippen molar-refractivity contribution in [3.8, 4) is 78.5 Å². The van der Waals surface area contributed by atoms with Crippen LogP contribution < -0.4 is 22.9 Å². The molecule has 141 heavy (non-hydrogen) atoms. The molecule has 0 bridgehead atoms. The molecule has 4 unspecified atom stereocenters. The van der Waals surface area contributed by atoms with Gasteiger partial charge in [0.1, 0.15) is 23.3 Å². The van der Waals surface area contributed by atoms with Gasteiger partial charge < -0.3 is 62.3 Å². The van der Waals surface area contributed by atoms with Gasteiger partial charge >= 0.3 is 23.9 Å². The molecule has 1 aliphatic heterocycles. The van der Waals surface area contributed by atoms with Crippen LogP contribution >= 0.6 is 63.7 Å². The van der Waals surface area contributed by atoms with Gasteiger partial charge in [-0.3, -0.25) is 24.9 Å². The van der Waals surface area contributed by atoms with Crippen LogP contribution in [0, 0.1) is 23.7 Å². The second kappa shape index (κ2) is 42.2. The van der Waals surface area contributed by atoms with Crippen LogP contribution in [0.4, 0.5) is 40.8 Å². The summed E-state index contributed by atoms with van der Waals surface area (Å²) >= 11 is 14.3. The topological polar surface area (TPSA) is 490 Å². The van der Waals surface area contributed by atoms with Gasteiger partial charge in [-0.25, -0.2) is 61.7 Å². The summed E-state index contributed by atoms with van der Waals surface area (Å²) in [5.74, 6) is -4.90. The number of hydrogen-bond acceptors (Lipinski definition) is 24. The van der Waals surface area contributed by atoms with Gasteiger partial charge in [0, 0.05) is 160 Å². The molecule has 13 N–H and O–H groups in total. The van der Waals surface area contributed by atoms with Crippen LogP contribution in [0.1, 0.15) is 175 Å². The van der Waals surface area contributed by atoms with Crippen LogP contribution in [-0.2, 0) is 37.5 Å². The normalized spacial score (nSPS) is 19.7.